The SMILES string of the molecule is CCCC(=O)N1CCCCC1C(=O)NCC(O)(CC)CC. The minimum Gasteiger partial charge on any atom is -0.388 e. The first kappa shape index (κ1) is 18.0. The van der Waals surface area contributed by atoms with Gasteiger partial charge >= 0.3 is 0 Å². The standard InChI is InChI=1S/C16H30N2O3/c1-4-9-14(19)18-11-8-7-10-13(18)15(20)17-12-16(21,5-2)6-3/h13,21H,4-12H2,1-3H3,(H,17,20). The highest BCUT2D eigenvalue weighted by Crippen LogP contribution is 2.19. The first-order chi connectivity index (χ1) is 9.97. The predicted octanol–water partition coefficient (Wildman–Crippen LogP) is 1.83. The number of hydrogen-bond donors (Lipinski definition) is 2. The van der Waals surface area contributed by atoms with Crippen LogP contribution in [-0.2, 0) is 9.59 Å². The van der Waals surface area contributed by atoms with Crippen molar-refractivity contribution in [3.8, 4) is 0 Å². The lowest BCUT2D eigenvalue weighted by molar-refractivity contribution is -0.142. The second-order valence-electron chi connectivity index (χ2n) is 6.00. The fourth-order valence-corrected chi connectivity index (χ4v) is 2.73. The Morgan fingerprint density at radius 2 is 1.90 bits per heavy atom. The van der Waals surface area contributed by atoms with Gasteiger partial charge in [0.05, 0.1) is 5.60 Å². The second-order valence-corrected chi connectivity index (χ2v) is 6.00. The van der Waals surface area contributed by atoms with Crippen LogP contribution < -0.4 is 5.32 Å². The van der Waals surface area contributed by atoms with E-state index < -0.39 is 5.60 Å². The van der Waals surface area contributed by atoms with Crippen LogP contribution in [0.15, 0.2) is 0 Å². The zero-order chi connectivity index (χ0) is 15.9. The number of carbonyl (C=O) groups is 2. The van der Waals surface area contributed by atoms with E-state index in [4.69, 9.17) is 0 Å². The highest BCUT2D eigenvalue weighted by molar-refractivity contribution is 5.87. The Morgan fingerprint density at radius 3 is 2.48 bits per heavy atom. The van der Waals surface area contributed by atoms with Crippen LogP contribution in [0.25, 0.3) is 0 Å². The molecule has 0 saturated carbocycles. The van der Waals surface area contributed by atoms with Crippen molar-refractivity contribution in [2.24, 2.45) is 0 Å². The summed E-state index contributed by atoms with van der Waals surface area (Å²) in [6, 6.07) is -0.365. The minimum absolute atomic E-state index is 0.0681. The summed E-state index contributed by atoms with van der Waals surface area (Å²) in [5.41, 5.74) is -0.845. The summed E-state index contributed by atoms with van der Waals surface area (Å²) in [5, 5.41) is 13.1. The monoisotopic (exact) mass is 298 g/mol. The van der Waals surface area contributed by atoms with E-state index in [1.165, 1.54) is 0 Å². The largest absolute Gasteiger partial charge is 0.388 e. The van der Waals surface area contributed by atoms with Crippen LogP contribution in [0.5, 0.6) is 0 Å². The average molecular weight is 298 g/mol. The molecule has 2 N–H and O–H groups in total. The summed E-state index contributed by atoms with van der Waals surface area (Å²) in [7, 11) is 0. The first-order valence-electron chi connectivity index (χ1n) is 8.27. The average Bonchev–Trinajstić information content (AvgIpc) is 2.52. The molecule has 0 aromatic rings. The smallest absolute Gasteiger partial charge is 0.242 e. The molecular weight excluding hydrogens is 268 g/mol. The Hall–Kier alpha value is -1.10. The van der Waals surface area contributed by atoms with Crippen molar-refractivity contribution in [3.63, 3.8) is 0 Å². The maximum Gasteiger partial charge on any atom is 0.242 e. The summed E-state index contributed by atoms with van der Waals surface area (Å²) < 4.78 is 0. The van der Waals surface area contributed by atoms with Gasteiger partial charge in [-0.25, -0.2) is 0 Å². The normalized spacial score (nSPS) is 19.4. The summed E-state index contributed by atoms with van der Waals surface area (Å²) in [6.45, 7) is 6.72. The predicted molar refractivity (Wildman–Crippen MR) is 82.8 cm³/mol. The fraction of sp³-hybridized carbons (Fsp3) is 0.875. The molecule has 1 fully saturated rings. The Morgan fingerprint density at radius 1 is 1.24 bits per heavy atom. The van der Waals surface area contributed by atoms with Crippen LogP contribution in [0.2, 0.25) is 0 Å². The number of rotatable bonds is 7. The van der Waals surface area contributed by atoms with E-state index in [9.17, 15) is 14.7 Å². The Bertz CT molecular complexity index is 353. The topological polar surface area (TPSA) is 69.6 Å². The van der Waals surface area contributed by atoms with E-state index in [0.717, 1.165) is 25.7 Å². The van der Waals surface area contributed by atoms with Crippen LogP contribution in [0, 0.1) is 0 Å². The van der Waals surface area contributed by atoms with Crippen molar-refractivity contribution in [2.45, 2.75) is 77.4 Å². The van der Waals surface area contributed by atoms with E-state index in [2.05, 4.69) is 5.32 Å². The van der Waals surface area contributed by atoms with Crippen LogP contribution in [0.1, 0.15) is 65.7 Å². The number of likely N-dealkylation sites (tertiary alicyclic amines) is 1. The summed E-state index contributed by atoms with van der Waals surface area (Å²) in [4.78, 5) is 26.2. The molecule has 122 valence electrons. The van der Waals surface area contributed by atoms with Crippen molar-refractivity contribution < 1.29 is 14.7 Å². The van der Waals surface area contributed by atoms with Gasteiger partial charge in [-0.15, -0.1) is 0 Å². The van der Waals surface area contributed by atoms with E-state index in [0.29, 0.717) is 25.8 Å². The molecule has 0 aliphatic carbocycles. The molecule has 1 aliphatic rings. The third kappa shape index (κ3) is 4.99. The first-order valence-corrected chi connectivity index (χ1v) is 8.27. The molecule has 1 atom stereocenters. The zero-order valence-electron chi connectivity index (χ0n) is 13.7. The summed E-state index contributed by atoms with van der Waals surface area (Å²) in [6.07, 6.45) is 5.16. The number of amides is 2. The lowest BCUT2D eigenvalue weighted by Crippen LogP contribution is -2.54. The fourth-order valence-electron chi connectivity index (χ4n) is 2.73. The molecule has 21 heavy (non-hydrogen) atoms. The van der Waals surface area contributed by atoms with Crippen molar-refractivity contribution in [1.82, 2.24) is 10.2 Å². The molecule has 0 bridgehead atoms. The van der Waals surface area contributed by atoms with Crippen LogP contribution in [0.3, 0.4) is 0 Å². The number of nitrogens with one attached hydrogen (secondary N) is 1. The lowest BCUT2D eigenvalue weighted by atomic mass is 9.96. The zero-order valence-corrected chi connectivity index (χ0v) is 13.7. The molecule has 5 heteroatoms. The number of piperidine rings is 1. The van der Waals surface area contributed by atoms with Gasteiger partial charge in [0.2, 0.25) is 11.8 Å². The van der Waals surface area contributed by atoms with E-state index in [1.807, 2.05) is 20.8 Å². The molecule has 0 aromatic carbocycles. The van der Waals surface area contributed by atoms with Crippen molar-refractivity contribution in [2.75, 3.05) is 13.1 Å². The molecule has 5 nitrogen and oxygen atoms in total. The molecule has 1 unspecified atom stereocenters. The van der Waals surface area contributed by atoms with Crippen LogP contribution in [-0.4, -0.2) is 46.6 Å². The van der Waals surface area contributed by atoms with Crippen LogP contribution in [0.4, 0.5) is 0 Å². The highest BCUT2D eigenvalue weighted by Gasteiger charge is 2.32. The molecule has 0 aromatic heterocycles. The molecule has 1 saturated heterocycles. The van der Waals surface area contributed by atoms with E-state index in [1.54, 1.807) is 4.90 Å². The second kappa shape index (κ2) is 8.37. The molecular formula is C16H30N2O3. The summed E-state index contributed by atoms with van der Waals surface area (Å²) >= 11 is 0. The molecule has 1 rings (SSSR count). The highest BCUT2D eigenvalue weighted by atomic mass is 16.3. The Kier molecular flexibility index (Phi) is 7.15. The van der Waals surface area contributed by atoms with Gasteiger partial charge in [0.15, 0.2) is 0 Å². The van der Waals surface area contributed by atoms with Crippen molar-refractivity contribution in [3.05, 3.63) is 0 Å². The Balaban J connectivity index is 2.63. The maximum atomic E-state index is 12.4. The van der Waals surface area contributed by atoms with Gasteiger partial charge in [-0.1, -0.05) is 20.8 Å². The van der Waals surface area contributed by atoms with Gasteiger partial charge in [0.1, 0.15) is 6.04 Å². The van der Waals surface area contributed by atoms with Gasteiger partial charge in [0, 0.05) is 19.5 Å². The number of nitrogens with zero attached hydrogens (tertiary/aromatic N) is 1. The molecule has 1 heterocycles. The lowest BCUT2D eigenvalue weighted by Gasteiger charge is -2.35. The summed E-state index contributed by atoms with van der Waals surface area (Å²) in [5.74, 6) is -0.0573. The van der Waals surface area contributed by atoms with Gasteiger partial charge in [0.25, 0.3) is 0 Å². The molecule has 0 spiro atoms. The van der Waals surface area contributed by atoms with Crippen LogP contribution >= 0.6 is 0 Å². The third-order valence-electron chi connectivity index (χ3n) is 4.50. The van der Waals surface area contributed by atoms with Gasteiger partial charge in [-0.2, -0.15) is 0 Å². The minimum atomic E-state index is -0.845. The van der Waals surface area contributed by atoms with Gasteiger partial charge in [-0.05, 0) is 38.5 Å². The molecule has 1 aliphatic heterocycles. The van der Waals surface area contributed by atoms with Crippen molar-refractivity contribution in [1.29, 1.82) is 0 Å². The van der Waals surface area contributed by atoms with E-state index in [-0.39, 0.29) is 24.4 Å². The molecule has 2 amide bonds. The van der Waals surface area contributed by atoms with Crippen molar-refractivity contribution >= 4 is 11.8 Å². The number of hydrogen-bond acceptors (Lipinski definition) is 3. The van der Waals surface area contributed by atoms with E-state index >= 15 is 0 Å². The third-order valence-corrected chi connectivity index (χ3v) is 4.50. The Labute approximate surface area is 128 Å². The maximum absolute atomic E-state index is 12.4. The number of aliphatic hydroxyl groups is 1. The molecule has 0 radical (unpaired) electrons. The van der Waals surface area contributed by atoms with Gasteiger partial charge < -0.3 is 15.3 Å². The quantitative estimate of drug-likeness (QED) is 0.753. The number of carbonyl (C=O) groups excluding carboxylic acids is 2. The van der Waals surface area contributed by atoms with Gasteiger partial charge in [-0.3, -0.25) is 9.59 Å².